The number of anilines is 1. The summed E-state index contributed by atoms with van der Waals surface area (Å²) in [6, 6.07) is 3.16. The number of hydrogen-bond acceptors (Lipinski definition) is 5. The number of hydrogen-bond donors (Lipinski definition) is 1. The smallest absolute Gasteiger partial charge is 0.249 e. The predicted molar refractivity (Wildman–Crippen MR) is 112 cm³/mol. The zero-order valence-corrected chi connectivity index (χ0v) is 17.4. The lowest BCUT2D eigenvalue weighted by Gasteiger charge is -2.27. The fraction of sp³-hybridized carbons (Fsp3) is 0.429. The Morgan fingerprint density at radius 3 is 2.86 bits per heavy atom. The molecule has 0 aliphatic carbocycles. The molecule has 2 aromatic heterocycles. The van der Waals surface area contributed by atoms with Crippen LogP contribution in [0.5, 0.6) is 0 Å². The van der Waals surface area contributed by atoms with Crippen LogP contribution in [0.25, 0.3) is 5.57 Å². The minimum absolute atomic E-state index is 0.00561. The van der Waals surface area contributed by atoms with E-state index in [0.717, 1.165) is 16.9 Å². The molecule has 152 valence electrons. The Morgan fingerprint density at radius 1 is 1.31 bits per heavy atom. The molecule has 0 fully saturated rings. The molecule has 2 aliphatic heterocycles. The molecular formula is C21H24N4O3S. The van der Waals surface area contributed by atoms with E-state index in [1.54, 1.807) is 29.1 Å². The van der Waals surface area contributed by atoms with Crippen LogP contribution in [0.15, 0.2) is 30.6 Å². The molecule has 4 rings (SSSR count). The zero-order valence-electron chi connectivity index (χ0n) is 16.6. The van der Waals surface area contributed by atoms with Crippen LogP contribution >= 0.6 is 11.3 Å². The zero-order chi connectivity index (χ0) is 20.5. The van der Waals surface area contributed by atoms with Crippen molar-refractivity contribution in [1.82, 2.24) is 14.5 Å². The van der Waals surface area contributed by atoms with Crippen LogP contribution < -0.4 is 5.32 Å². The lowest BCUT2D eigenvalue weighted by atomic mass is 10.0. The van der Waals surface area contributed by atoms with Crippen LogP contribution in [-0.2, 0) is 9.59 Å². The summed E-state index contributed by atoms with van der Waals surface area (Å²) in [7, 11) is 0. The quantitative estimate of drug-likeness (QED) is 0.834. The number of ketones is 1. The van der Waals surface area contributed by atoms with Crippen molar-refractivity contribution in [1.29, 1.82) is 0 Å². The molecule has 2 amide bonds. The van der Waals surface area contributed by atoms with Crippen LogP contribution in [0.1, 0.15) is 54.5 Å². The maximum Gasteiger partial charge on any atom is 0.249 e. The maximum absolute atomic E-state index is 12.8. The molecule has 0 radical (unpaired) electrons. The Bertz CT molecular complexity index is 988. The first-order chi connectivity index (χ1) is 13.9. The Balaban J connectivity index is 1.42. The molecule has 2 aliphatic rings. The largest absolute Gasteiger partial charge is 0.338 e. The topological polar surface area (TPSA) is 84.3 Å². The fourth-order valence-corrected chi connectivity index (χ4v) is 4.71. The lowest BCUT2D eigenvalue weighted by Crippen LogP contribution is -2.37. The van der Waals surface area contributed by atoms with Crippen LogP contribution in [-0.4, -0.2) is 45.1 Å². The van der Waals surface area contributed by atoms with Crippen molar-refractivity contribution < 1.29 is 14.4 Å². The lowest BCUT2D eigenvalue weighted by molar-refractivity contribution is -0.134. The second-order valence-electron chi connectivity index (χ2n) is 7.72. The number of carbonyl (C=O) groups is 3. The van der Waals surface area contributed by atoms with E-state index in [1.807, 2.05) is 18.7 Å². The van der Waals surface area contributed by atoms with Gasteiger partial charge in [-0.1, -0.05) is 31.3 Å². The van der Waals surface area contributed by atoms with Gasteiger partial charge in [0.1, 0.15) is 6.04 Å². The fourth-order valence-electron chi connectivity index (χ4n) is 3.82. The van der Waals surface area contributed by atoms with Crippen molar-refractivity contribution in [3.05, 3.63) is 41.2 Å². The monoisotopic (exact) mass is 412 g/mol. The third-order valence-electron chi connectivity index (χ3n) is 5.41. The highest BCUT2D eigenvalue weighted by atomic mass is 32.1. The summed E-state index contributed by atoms with van der Waals surface area (Å²) in [5.74, 6) is 0.103. The summed E-state index contributed by atoms with van der Waals surface area (Å²) in [5.41, 5.74) is 1.75. The van der Waals surface area contributed by atoms with Crippen LogP contribution in [0.2, 0.25) is 0 Å². The number of thiazole rings is 1. The van der Waals surface area contributed by atoms with Gasteiger partial charge in [0, 0.05) is 37.8 Å². The Morgan fingerprint density at radius 2 is 2.14 bits per heavy atom. The normalized spacial score (nSPS) is 19.1. The number of nitrogens with one attached hydrogen (secondary N) is 1. The number of carbonyl (C=O) groups excluding carboxylic acids is 3. The number of amides is 2. The summed E-state index contributed by atoms with van der Waals surface area (Å²) in [6.07, 6.45) is 7.28. The van der Waals surface area contributed by atoms with Crippen molar-refractivity contribution in [2.45, 2.75) is 39.2 Å². The van der Waals surface area contributed by atoms with Crippen LogP contribution in [0.3, 0.4) is 0 Å². The summed E-state index contributed by atoms with van der Waals surface area (Å²) in [5, 5.41) is 3.46. The number of Topliss-reactive ketones (excluding diaryl/α,β-unsaturated/α-hetero) is 1. The minimum Gasteiger partial charge on any atom is -0.338 e. The van der Waals surface area contributed by atoms with Gasteiger partial charge < -0.3 is 14.8 Å². The molecule has 7 nitrogen and oxygen atoms in total. The van der Waals surface area contributed by atoms with Crippen molar-refractivity contribution in [3.63, 3.8) is 0 Å². The molecule has 2 aromatic rings. The molecule has 1 N–H and O–H groups in total. The summed E-state index contributed by atoms with van der Waals surface area (Å²) >= 11 is 1.44. The van der Waals surface area contributed by atoms with Gasteiger partial charge in [-0.05, 0) is 30.5 Å². The van der Waals surface area contributed by atoms with Gasteiger partial charge in [0.05, 0.1) is 10.6 Å². The highest BCUT2D eigenvalue weighted by molar-refractivity contribution is 7.16. The van der Waals surface area contributed by atoms with Gasteiger partial charge in [0.25, 0.3) is 0 Å². The second kappa shape index (κ2) is 7.94. The number of aromatic nitrogens is 2. The molecule has 1 atom stereocenters. The van der Waals surface area contributed by atoms with Gasteiger partial charge >= 0.3 is 0 Å². The van der Waals surface area contributed by atoms with E-state index in [-0.39, 0.29) is 23.5 Å². The van der Waals surface area contributed by atoms with Gasteiger partial charge in [0.2, 0.25) is 11.8 Å². The first-order valence-corrected chi connectivity index (χ1v) is 10.7. The van der Waals surface area contributed by atoms with E-state index in [2.05, 4.69) is 16.4 Å². The molecule has 29 heavy (non-hydrogen) atoms. The van der Waals surface area contributed by atoms with E-state index < -0.39 is 6.04 Å². The molecular weight excluding hydrogens is 388 g/mol. The average Bonchev–Trinajstić information content (AvgIpc) is 3.38. The summed E-state index contributed by atoms with van der Waals surface area (Å²) in [6.45, 7) is 5.14. The van der Waals surface area contributed by atoms with E-state index in [0.29, 0.717) is 36.8 Å². The summed E-state index contributed by atoms with van der Waals surface area (Å²) in [4.78, 5) is 44.1. The van der Waals surface area contributed by atoms with Gasteiger partial charge in [-0.25, -0.2) is 4.98 Å². The third-order valence-corrected chi connectivity index (χ3v) is 6.40. The van der Waals surface area contributed by atoms with Crippen molar-refractivity contribution in [2.24, 2.45) is 5.92 Å². The van der Waals surface area contributed by atoms with Gasteiger partial charge in [-0.15, -0.1) is 0 Å². The maximum atomic E-state index is 12.8. The van der Waals surface area contributed by atoms with Gasteiger partial charge in [-0.3, -0.25) is 14.4 Å². The van der Waals surface area contributed by atoms with Crippen molar-refractivity contribution in [3.8, 4) is 0 Å². The average molecular weight is 413 g/mol. The SMILES string of the molecule is CC(C)C(=O)N1CC=C(c2cnc(NC(=O)C3CCC(=O)c4cccn43)s2)CC1. The Labute approximate surface area is 173 Å². The van der Waals surface area contributed by atoms with E-state index >= 15 is 0 Å². The summed E-state index contributed by atoms with van der Waals surface area (Å²) < 4.78 is 1.75. The highest BCUT2D eigenvalue weighted by Gasteiger charge is 2.30. The highest BCUT2D eigenvalue weighted by Crippen LogP contribution is 2.31. The van der Waals surface area contributed by atoms with Gasteiger partial charge in [-0.2, -0.15) is 0 Å². The number of rotatable bonds is 4. The van der Waals surface area contributed by atoms with E-state index in [4.69, 9.17) is 0 Å². The number of nitrogens with zero attached hydrogens (tertiary/aromatic N) is 3. The van der Waals surface area contributed by atoms with Gasteiger partial charge in [0.15, 0.2) is 10.9 Å². The molecule has 0 aromatic carbocycles. The second-order valence-corrected chi connectivity index (χ2v) is 8.75. The van der Waals surface area contributed by atoms with Crippen molar-refractivity contribution in [2.75, 3.05) is 18.4 Å². The van der Waals surface area contributed by atoms with E-state index in [1.165, 1.54) is 11.3 Å². The minimum atomic E-state index is -0.394. The molecule has 0 spiro atoms. The van der Waals surface area contributed by atoms with Crippen LogP contribution in [0.4, 0.5) is 5.13 Å². The predicted octanol–water partition coefficient (Wildman–Crippen LogP) is 3.37. The molecule has 1 unspecified atom stereocenters. The first-order valence-electron chi connectivity index (χ1n) is 9.89. The standard InChI is InChI=1S/C21H24N4O3S/c1-13(2)20(28)24-10-7-14(8-11-24)18-12-22-21(29-18)23-19(27)16-5-6-17(26)15-4-3-9-25(15)16/h3-4,7,9,12-13,16H,5-6,8,10-11H2,1-2H3,(H,22,23,27). The Kier molecular flexibility index (Phi) is 5.36. The first kappa shape index (κ1) is 19.6. The third kappa shape index (κ3) is 3.89. The van der Waals surface area contributed by atoms with E-state index in [9.17, 15) is 14.4 Å². The molecule has 0 bridgehead atoms. The Hall–Kier alpha value is -2.74. The number of fused-ring (bicyclic) bond motifs is 1. The molecule has 0 saturated carbocycles. The van der Waals surface area contributed by atoms with Crippen molar-refractivity contribution >= 4 is 39.6 Å². The molecule has 8 heteroatoms. The molecule has 0 saturated heterocycles. The molecule has 4 heterocycles. The van der Waals surface area contributed by atoms with Crippen LogP contribution in [0, 0.1) is 5.92 Å².